The van der Waals surface area contributed by atoms with E-state index in [0.29, 0.717) is 5.69 Å². The molecule has 0 unspecified atom stereocenters. The Kier molecular flexibility index (Phi) is 5.26. The van der Waals surface area contributed by atoms with Crippen LogP contribution in [0.2, 0.25) is 0 Å². The number of piperazine rings is 1. The zero-order valence-electron chi connectivity index (χ0n) is 11.3. The fourth-order valence-electron chi connectivity index (χ4n) is 2.19. The van der Waals surface area contributed by atoms with Crippen molar-refractivity contribution in [2.45, 2.75) is 13.3 Å². The van der Waals surface area contributed by atoms with Crippen LogP contribution in [0.5, 0.6) is 0 Å². The molecule has 1 aromatic rings. The molecule has 3 N–H and O–H groups in total. The van der Waals surface area contributed by atoms with Gasteiger partial charge in [-0.3, -0.25) is 10.2 Å². The van der Waals surface area contributed by atoms with Crippen molar-refractivity contribution in [2.24, 2.45) is 5.84 Å². The fourth-order valence-corrected chi connectivity index (χ4v) is 2.95. The zero-order chi connectivity index (χ0) is 13.7. The second-order valence-electron chi connectivity index (χ2n) is 4.63. The first-order chi connectivity index (χ1) is 9.22. The summed E-state index contributed by atoms with van der Waals surface area (Å²) in [5, 5.41) is 2.75. The number of rotatable bonds is 5. The number of thiazole rings is 1. The average Bonchev–Trinajstić information content (AvgIpc) is 2.93. The van der Waals surface area contributed by atoms with Gasteiger partial charge in [-0.25, -0.2) is 10.8 Å². The Hall–Kier alpha value is -1.02. The number of aromatic nitrogens is 1. The van der Waals surface area contributed by atoms with Crippen LogP contribution in [0.15, 0.2) is 5.38 Å². The molecule has 0 saturated carbocycles. The highest BCUT2D eigenvalue weighted by Gasteiger charge is 2.16. The SMILES string of the molecule is CCN1CCN(CCc2nc(C(=O)NN)cs2)CC1. The van der Waals surface area contributed by atoms with Gasteiger partial charge in [0.2, 0.25) is 0 Å². The molecule has 1 aromatic heterocycles. The first kappa shape index (κ1) is 14.4. The molecule has 1 saturated heterocycles. The van der Waals surface area contributed by atoms with Gasteiger partial charge in [-0.15, -0.1) is 11.3 Å². The number of hydrogen-bond acceptors (Lipinski definition) is 6. The maximum Gasteiger partial charge on any atom is 0.284 e. The summed E-state index contributed by atoms with van der Waals surface area (Å²) in [4.78, 5) is 20.5. The van der Waals surface area contributed by atoms with Gasteiger partial charge in [0.05, 0.1) is 5.01 Å². The number of hydrazine groups is 1. The van der Waals surface area contributed by atoms with Crippen LogP contribution in [0.1, 0.15) is 22.4 Å². The molecule has 1 aliphatic rings. The number of nitrogen functional groups attached to an aromatic ring is 1. The van der Waals surface area contributed by atoms with Crippen molar-refractivity contribution >= 4 is 17.2 Å². The molecule has 2 rings (SSSR count). The number of likely N-dealkylation sites (N-methyl/N-ethyl adjacent to an activating group) is 1. The van der Waals surface area contributed by atoms with Crippen molar-refractivity contribution in [3.63, 3.8) is 0 Å². The van der Waals surface area contributed by atoms with Gasteiger partial charge in [-0.05, 0) is 6.54 Å². The van der Waals surface area contributed by atoms with E-state index in [9.17, 15) is 4.79 Å². The summed E-state index contributed by atoms with van der Waals surface area (Å²) in [7, 11) is 0. The summed E-state index contributed by atoms with van der Waals surface area (Å²) in [6.45, 7) is 8.89. The summed E-state index contributed by atoms with van der Waals surface area (Å²) in [6.07, 6.45) is 0.897. The van der Waals surface area contributed by atoms with E-state index in [1.165, 1.54) is 11.3 Å². The van der Waals surface area contributed by atoms with Crippen LogP contribution in [-0.4, -0.2) is 60.0 Å². The quantitative estimate of drug-likeness (QED) is 0.449. The monoisotopic (exact) mass is 283 g/mol. The van der Waals surface area contributed by atoms with E-state index >= 15 is 0 Å². The molecule has 6 nitrogen and oxygen atoms in total. The molecular weight excluding hydrogens is 262 g/mol. The van der Waals surface area contributed by atoms with E-state index in [2.05, 4.69) is 27.1 Å². The Morgan fingerprint density at radius 2 is 2.11 bits per heavy atom. The highest BCUT2D eigenvalue weighted by Crippen LogP contribution is 2.11. The van der Waals surface area contributed by atoms with Crippen LogP contribution in [-0.2, 0) is 6.42 Å². The lowest BCUT2D eigenvalue weighted by Gasteiger charge is -2.33. The number of carbonyl (C=O) groups is 1. The molecule has 0 aliphatic carbocycles. The summed E-state index contributed by atoms with van der Waals surface area (Å²) in [6, 6.07) is 0. The van der Waals surface area contributed by atoms with Gasteiger partial charge in [0.1, 0.15) is 5.69 Å². The van der Waals surface area contributed by atoms with Crippen LogP contribution in [0.4, 0.5) is 0 Å². The summed E-state index contributed by atoms with van der Waals surface area (Å²) in [5.41, 5.74) is 2.52. The molecule has 0 spiro atoms. The summed E-state index contributed by atoms with van der Waals surface area (Å²) in [5.74, 6) is 4.76. The average molecular weight is 283 g/mol. The van der Waals surface area contributed by atoms with E-state index in [1.54, 1.807) is 5.38 Å². The smallest absolute Gasteiger partial charge is 0.284 e. The molecule has 0 aromatic carbocycles. The maximum absolute atomic E-state index is 11.3. The predicted octanol–water partition coefficient (Wildman–Crippen LogP) is -0.0734. The number of nitrogens with one attached hydrogen (secondary N) is 1. The Morgan fingerprint density at radius 3 is 2.74 bits per heavy atom. The molecule has 1 aliphatic heterocycles. The normalized spacial score (nSPS) is 17.6. The Labute approximate surface area is 117 Å². The second kappa shape index (κ2) is 6.95. The van der Waals surface area contributed by atoms with Crippen molar-refractivity contribution < 1.29 is 4.79 Å². The lowest BCUT2D eigenvalue weighted by molar-refractivity contribution is 0.0949. The molecule has 106 valence electrons. The van der Waals surface area contributed by atoms with E-state index < -0.39 is 0 Å². The first-order valence-corrected chi connectivity index (χ1v) is 7.51. The van der Waals surface area contributed by atoms with Crippen molar-refractivity contribution in [2.75, 3.05) is 39.3 Å². The van der Waals surface area contributed by atoms with E-state index in [0.717, 1.165) is 50.7 Å². The Morgan fingerprint density at radius 1 is 1.42 bits per heavy atom. The second-order valence-corrected chi connectivity index (χ2v) is 5.57. The highest BCUT2D eigenvalue weighted by molar-refractivity contribution is 7.09. The lowest BCUT2D eigenvalue weighted by Crippen LogP contribution is -2.46. The maximum atomic E-state index is 11.3. The third kappa shape index (κ3) is 3.97. The largest absolute Gasteiger partial charge is 0.301 e. The van der Waals surface area contributed by atoms with Crippen molar-refractivity contribution in [3.05, 3.63) is 16.1 Å². The van der Waals surface area contributed by atoms with E-state index in [1.807, 2.05) is 0 Å². The minimum atomic E-state index is -0.320. The van der Waals surface area contributed by atoms with Gasteiger partial charge < -0.3 is 9.80 Å². The molecule has 2 heterocycles. The molecule has 0 bridgehead atoms. The molecule has 1 amide bonds. The molecule has 0 atom stereocenters. The third-order valence-corrected chi connectivity index (χ3v) is 4.38. The lowest BCUT2D eigenvalue weighted by atomic mass is 10.3. The number of carbonyl (C=O) groups excluding carboxylic acids is 1. The number of amides is 1. The summed E-state index contributed by atoms with van der Waals surface area (Å²) >= 11 is 1.52. The molecule has 0 radical (unpaired) electrons. The van der Waals surface area contributed by atoms with Crippen molar-refractivity contribution in [1.29, 1.82) is 0 Å². The zero-order valence-corrected chi connectivity index (χ0v) is 12.1. The number of nitrogens with zero attached hydrogens (tertiary/aromatic N) is 3. The van der Waals surface area contributed by atoms with E-state index in [4.69, 9.17) is 5.84 Å². The van der Waals surface area contributed by atoms with Crippen LogP contribution >= 0.6 is 11.3 Å². The standard InChI is InChI=1S/C12H21N5OS/c1-2-16-5-7-17(8-6-16)4-3-11-14-10(9-19-11)12(18)15-13/h9H,2-8,13H2,1H3,(H,15,18). The topological polar surface area (TPSA) is 74.5 Å². The molecule has 1 fully saturated rings. The Balaban J connectivity index is 1.76. The van der Waals surface area contributed by atoms with Gasteiger partial charge in [0.15, 0.2) is 0 Å². The Bertz CT molecular complexity index is 414. The first-order valence-electron chi connectivity index (χ1n) is 6.63. The van der Waals surface area contributed by atoms with Gasteiger partial charge in [0, 0.05) is 44.5 Å². The van der Waals surface area contributed by atoms with Crippen LogP contribution in [0.25, 0.3) is 0 Å². The van der Waals surface area contributed by atoms with Gasteiger partial charge >= 0.3 is 0 Å². The van der Waals surface area contributed by atoms with E-state index in [-0.39, 0.29) is 5.91 Å². The van der Waals surface area contributed by atoms with Crippen LogP contribution in [0.3, 0.4) is 0 Å². The van der Waals surface area contributed by atoms with Gasteiger partial charge in [0.25, 0.3) is 5.91 Å². The highest BCUT2D eigenvalue weighted by atomic mass is 32.1. The predicted molar refractivity (Wildman–Crippen MR) is 76.0 cm³/mol. The van der Waals surface area contributed by atoms with Crippen molar-refractivity contribution in [1.82, 2.24) is 20.2 Å². The number of nitrogens with two attached hydrogens (primary N) is 1. The van der Waals surface area contributed by atoms with Crippen LogP contribution in [0, 0.1) is 0 Å². The third-order valence-electron chi connectivity index (χ3n) is 3.47. The number of hydrogen-bond donors (Lipinski definition) is 2. The molecular formula is C12H21N5OS. The molecule has 19 heavy (non-hydrogen) atoms. The summed E-state index contributed by atoms with van der Waals surface area (Å²) < 4.78 is 0. The van der Waals surface area contributed by atoms with Crippen molar-refractivity contribution in [3.8, 4) is 0 Å². The van der Waals surface area contributed by atoms with Gasteiger partial charge in [-0.2, -0.15) is 0 Å². The molecule has 7 heteroatoms. The minimum Gasteiger partial charge on any atom is -0.301 e. The van der Waals surface area contributed by atoms with Crippen LogP contribution < -0.4 is 11.3 Å². The minimum absolute atomic E-state index is 0.320. The fraction of sp³-hybridized carbons (Fsp3) is 0.667. The van der Waals surface area contributed by atoms with Gasteiger partial charge in [-0.1, -0.05) is 6.92 Å².